The van der Waals surface area contributed by atoms with Gasteiger partial charge in [-0.1, -0.05) is 12.8 Å². The molecular formula is C26H35N5O3. The monoisotopic (exact) mass is 465 g/mol. The van der Waals surface area contributed by atoms with E-state index in [1.807, 2.05) is 16.6 Å². The molecule has 3 aliphatic heterocycles. The number of benzene rings is 1. The Morgan fingerprint density at radius 1 is 1.00 bits per heavy atom. The van der Waals surface area contributed by atoms with E-state index in [0.29, 0.717) is 12.8 Å². The van der Waals surface area contributed by atoms with Crippen molar-refractivity contribution in [3.05, 3.63) is 23.9 Å². The molecule has 3 amide bonds. The molecule has 182 valence electrons. The van der Waals surface area contributed by atoms with Crippen molar-refractivity contribution in [2.45, 2.75) is 57.3 Å². The van der Waals surface area contributed by atoms with Crippen molar-refractivity contribution in [2.24, 2.45) is 18.9 Å². The van der Waals surface area contributed by atoms with Crippen molar-refractivity contribution in [1.82, 2.24) is 20.0 Å². The number of likely N-dealkylation sites (tertiary alicyclic amines) is 1. The molecule has 0 radical (unpaired) electrons. The summed E-state index contributed by atoms with van der Waals surface area (Å²) in [6.07, 6.45) is 9.21. The third kappa shape index (κ3) is 4.68. The summed E-state index contributed by atoms with van der Waals surface area (Å²) >= 11 is 0. The highest BCUT2D eigenvalue weighted by atomic mass is 16.2. The zero-order chi connectivity index (χ0) is 23.7. The molecule has 8 nitrogen and oxygen atoms in total. The van der Waals surface area contributed by atoms with E-state index in [0.717, 1.165) is 73.9 Å². The lowest BCUT2D eigenvalue weighted by atomic mass is 9.85. The number of hydrogen-bond donors (Lipinski definition) is 1. The maximum Gasteiger partial charge on any atom is 0.235 e. The highest BCUT2D eigenvalue weighted by Gasteiger charge is 2.32. The van der Waals surface area contributed by atoms with Crippen LogP contribution in [0.1, 0.15) is 63.0 Å². The number of aryl methyl sites for hydroxylation is 1. The van der Waals surface area contributed by atoms with Crippen molar-refractivity contribution in [3.8, 4) is 0 Å². The average molecular weight is 466 g/mol. The number of carbonyl (C=O) groups is 3. The lowest BCUT2D eigenvalue weighted by Gasteiger charge is -2.35. The molecule has 1 atom stereocenters. The summed E-state index contributed by atoms with van der Waals surface area (Å²) in [5.74, 6) is 0.765. The van der Waals surface area contributed by atoms with Gasteiger partial charge in [-0.05, 0) is 62.1 Å². The number of nitrogens with one attached hydrogen (secondary N) is 1. The number of rotatable bonds is 6. The Kier molecular flexibility index (Phi) is 6.57. The Bertz CT molecular complexity index is 1060. The molecule has 0 saturated carbocycles. The first-order valence-electron chi connectivity index (χ1n) is 12.8. The Labute approximate surface area is 200 Å². The van der Waals surface area contributed by atoms with Crippen LogP contribution in [0.2, 0.25) is 0 Å². The van der Waals surface area contributed by atoms with Gasteiger partial charge in [-0.2, -0.15) is 5.10 Å². The first-order valence-corrected chi connectivity index (χ1v) is 12.8. The van der Waals surface area contributed by atoms with Crippen LogP contribution >= 0.6 is 0 Å². The van der Waals surface area contributed by atoms with Crippen LogP contribution in [-0.2, 0) is 21.4 Å². The first-order chi connectivity index (χ1) is 16.5. The van der Waals surface area contributed by atoms with E-state index in [1.165, 1.54) is 31.4 Å². The fourth-order valence-electron chi connectivity index (χ4n) is 5.98. The fourth-order valence-corrected chi connectivity index (χ4v) is 5.98. The zero-order valence-electron chi connectivity index (χ0n) is 20.0. The van der Waals surface area contributed by atoms with E-state index in [1.54, 1.807) is 0 Å². The lowest BCUT2D eigenvalue weighted by molar-refractivity contribution is -0.134. The number of anilines is 1. The van der Waals surface area contributed by atoms with E-state index in [2.05, 4.69) is 33.5 Å². The third-order valence-corrected chi connectivity index (χ3v) is 8.19. The number of fused-ring (bicyclic) bond motifs is 1. The molecule has 0 aliphatic carbocycles. The summed E-state index contributed by atoms with van der Waals surface area (Å²) in [5, 5.41) is 8.12. The second-order valence-electron chi connectivity index (χ2n) is 10.3. The van der Waals surface area contributed by atoms with Crippen LogP contribution in [0.15, 0.2) is 18.2 Å². The third-order valence-electron chi connectivity index (χ3n) is 8.19. The highest BCUT2D eigenvalue weighted by Crippen LogP contribution is 2.34. The van der Waals surface area contributed by atoms with Gasteiger partial charge in [-0.25, -0.2) is 0 Å². The summed E-state index contributed by atoms with van der Waals surface area (Å²) in [4.78, 5) is 39.2. The summed E-state index contributed by atoms with van der Waals surface area (Å²) in [6.45, 7) is 3.98. The summed E-state index contributed by atoms with van der Waals surface area (Å²) in [6, 6.07) is 6.44. The normalized spacial score (nSPS) is 22.9. The van der Waals surface area contributed by atoms with Gasteiger partial charge in [0.15, 0.2) is 0 Å². The van der Waals surface area contributed by atoms with Gasteiger partial charge in [0, 0.05) is 50.7 Å². The van der Waals surface area contributed by atoms with Gasteiger partial charge >= 0.3 is 0 Å². The van der Waals surface area contributed by atoms with Crippen molar-refractivity contribution < 1.29 is 14.4 Å². The number of carbonyl (C=O) groups excluding carboxylic acids is 3. The minimum Gasteiger partial charge on any atom is -0.371 e. The van der Waals surface area contributed by atoms with Gasteiger partial charge in [0.25, 0.3) is 0 Å². The number of hydrogen-bond acceptors (Lipinski definition) is 5. The molecule has 8 heteroatoms. The van der Waals surface area contributed by atoms with Crippen molar-refractivity contribution in [3.63, 3.8) is 0 Å². The molecule has 0 bridgehead atoms. The number of piperidine rings is 3. The van der Waals surface area contributed by atoms with Gasteiger partial charge in [0.1, 0.15) is 0 Å². The molecule has 2 aromatic rings. The maximum atomic E-state index is 12.4. The number of amides is 3. The predicted molar refractivity (Wildman–Crippen MR) is 130 cm³/mol. The molecule has 4 heterocycles. The molecule has 34 heavy (non-hydrogen) atoms. The Morgan fingerprint density at radius 3 is 2.32 bits per heavy atom. The molecule has 1 aromatic heterocycles. The molecule has 1 N–H and O–H groups in total. The van der Waals surface area contributed by atoms with E-state index < -0.39 is 0 Å². The van der Waals surface area contributed by atoms with E-state index in [9.17, 15) is 14.4 Å². The standard InChI is InChI=1S/C26H35N5O3/c1-29-23-16-20(4-5-21(23)25(28-29)22-6-7-24(33)27-26(22)34)31-14-10-19(11-15-31)3-2-18-8-12-30(17-32)13-9-18/h4-5,16-19,22H,2-3,6-15H2,1H3,(H,27,33,34). The average Bonchev–Trinajstić information content (AvgIpc) is 3.19. The Hall–Kier alpha value is -2.90. The Balaban J connectivity index is 1.19. The molecule has 3 saturated heterocycles. The van der Waals surface area contributed by atoms with Crippen LogP contribution < -0.4 is 10.2 Å². The zero-order valence-corrected chi connectivity index (χ0v) is 20.0. The van der Waals surface area contributed by atoms with Gasteiger partial charge < -0.3 is 9.80 Å². The second-order valence-corrected chi connectivity index (χ2v) is 10.3. The molecule has 3 fully saturated rings. The number of imide groups is 1. The SMILES string of the molecule is Cn1nc(C2CCC(=O)NC2=O)c2ccc(N3CCC(CCC4CCN(C=O)CC4)CC3)cc21. The summed E-state index contributed by atoms with van der Waals surface area (Å²) in [5.41, 5.74) is 3.01. The molecule has 1 unspecified atom stereocenters. The molecule has 3 aliphatic rings. The van der Waals surface area contributed by atoms with Crippen LogP contribution in [0.4, 0.5) is 5.69 Å². The quantitative estimate of drug-likeness (QED) is 0.524. The lowest BCUT2D eigenvalue weighted by Crippen LogP contribution is -2.39. The molecule has 5 rings (SSSR count). The van der Waals surface area contributed by atoms with E-state index >= 15 is 0 Å². The number of aromatic nitrogens is 2. The van der Waals surface area contributed by atoms with E-state index in [-0.39, 0.29) is 17.7 Å². The highest BCUT2D eigenvalue weighted by molar-refractivity contribution is 6.02. The van der Waals surface area contributed by atoms with Crippen LogP contribution in [0.3, 0.4) is 0 Å². The smallest absolute Gasteiger partial charge is 0.235 e. The largest absolute Gasteiger partial charge is 0.371 e. The van der Waals surface area contributed by atoms with Crippen LogP contribution in [0, 0.1) is 11.8 Å². The fraction of sp³-hybridized carbons (Fsp3) is 0.615. The van der Waals surface area contributed by atoms with E-state index in [4.69, 9.17) is 0 Å². The van der Waals surface area contributed by atoms with Gasteiger partial charge in [0.05, 0.1) is 17.1 Å². The van der Waals surface area contributed by atoms with Gasteiger partial charge in [0.2, 0.25) is 18.2 Å². The topological polar surface area (TPSA) is 87.5 Å². The van der Waals surface area contributed by atoms with Crippen molar-refractivity contribution >= 4 is 34.8 Å². The predicted octanol–water partition coefficient (Wildman–Crippen LogP) is 2.96. The molecule has 0 spiro atoms. The summed E-state index contributed by atoms with van der Waals surface area (Å²) < 4.78 is 1.86. The first kappa shape index (κ1) is 22.9. The van der Waals surface area contributed by atoms with Gasteiger partial charge in [-0.3, -0.25) is 24.4 Å². The van der Waals surface area contributed by atoms with Crippen LogP contribution in [0.5, 0.6) is 0 Å². The summed E-state index contributed by atoms with van der Waals surface area (Å²) in [7, 11) is 1.92. The number of nitrogens with zero attached hydrogens (tertiary/aromatic N) is 4. The molecule has 1 aromatic carbocycles. The minimum atomic E-state index is -0.367. The molecular weight excluding hydrogens is 430 g/mol. The van der Waals surface area contributed by atoms with Crippen molar-refractivity contribution in [2.75, 3.05) is 31.1 Å². The van der Waals surface area contributed by atoms with Crippen molar-refractivity contribution in [1.29, 1.82) is 0 Å². The maximum absolute atomic E-state index is 12.4. The second kappa shape index (κ2) is 9.76. The van der Waals surface area contributed by atoms with Gasteiger partial charge in [-0.15, -0.1) is 0 Å². The minimum absolute atomic E-state index is 0.199. The van der Waals surface area contributed by atoms with Crippen LogP contribution in [-0.4, -0.2) is 59.1 Å². The Morgan fingerprint density at radius 2 is 1.68 bits per heavy atom. The van der Waals surface area contributed by atoms with Crippen LogP contribution in [0.25, 0.3) is 10.9 Å².